The summed E-state index contributed by atoms with van der Waals surface area (Å²) in [5.74, 6) is 0.428. The lowest BCUT2D eigenvalue weighted by atomic mass is 9.79. The number of para-hydroxylation sites is 1. The van der Waals surface area contributed by atoms with E-state index < -0.39 is 0 Å². The molecule has 0 saturated carbocycles. The maximum atomic E-state index is 2.43. The summed E-state index contributed by atoms with van der Waals surface area (Å²) in [6, 6.07) is 80.6. The molecule has 1 unspecified atom stereocenters. The molecule has 0 fully saturated rings. The molecule has 10 aromatic carbocycles. The first kappa shape index (κ1) is 37.3. The Morgan fingerprint density at radius 2 is 1.00 bits per heavy atom. The van der Waals surface area contributed by atoms with Crippen LogP contribution in [0.15, 0.2) is 218 Å². The number of nitrogens with zero attached hydrogens (tertiary/aromatic N) is 1. The molecule has 0 amide bonds. The van der Waals surface area contributed by atoms with Gasteiger partial charge in [-0.2, -0.15) is 0 Å². The van der Waals surface area contributed by atoms with Crippen LogP contribution in [-0.4, -0.2) is 0 Å². The highest BCUT2D eigenvalue weighted by atomic mass is 32.1. The van der Waals surface area contributed by atoms with Crippen LogP contribution in [0.3, 0.4) is 0 Å². The molecular weight excluding hydrogens is 779 g/mol. The van der Waals surface area contributed by atoms with Crippen molar-refractivity contribution in [1.82, 2.24) is 0 Å². The second kappa shape index (κ2) is 15.4. The first-order valence-electron chi connectivity index (χ1n) is 22.0. The van der Waals surface area contributed by atoms with Crippen LogP contribution in [-0.2, 0) is 0 Å². The van der Waals surface area contributed by atoms with E-state index in [9.17, 15) is 0 Å². The number of anilines is 3. The molecule has 1 aromatic heterocycles. The Balaban J connectivity index is 0.956. The van der Waals surface area contributed by atoms with Crippen LogP contribution in [0.1, 0.15) is 36.0 Å². The van der Waals surface area contributed by atoms with Gasteiger partial charge >= 0.3 is 0 Å². The van der Waals surface area contributed by atoms with E-state index in [1.54, 1.807) is 0 Å². The lowest BCUT2D eigenvalue weighted by Crippen LogP contribution is -2.11. The fraction of sp³-hybridized carbons (Fsp3) is 0.0492. The number of benzene rings is 10. The van der Waals surface area contributed by atoms with E-state index in [0.717, 1.165) is 23.5 Å². The molecule has 1 heterocycles. The first-order valence-corrected chi connectivity index (χ1v) is 22.8. The summed E-state index contributed by atoms with van der Waals surface area (Å²) >= 11 is 1.87. The number of hydrogen-bond acceptors (Lipinski definition) is 2. The summed E-state index contributed by atoms with van der Waals surface area (Å²) in [4.78, 5) is 2.43. The summed E-state index contributed by atoms with van der Waals surface area (Å²) < 4.78 is 2.65. The molecule has 0 spiro atoms. The van der Waals surface area contributed by atoms with Gasteiger partial charge < -0.3 is 4.90 Å². The van der Waals surface area contributed by atoms with E-state index in [2.05, 4.69) is 236 Å². The van der Waals surface area contributed by atoms with Crippen molar-refractivity contribution in [3.63, 3.8) is 0 Å². The van der Waals surface area contributed by atoms with Gasteiger partial charge in [0.1, 0.15) is 0 Å². The molecule has 1 aliphatic rings. The smallest absolute Gasteiger partial charge is 0.0540 e. The Morgan fingerprint density at radius 3 is 1.81 bits per heavy atom. The van der Waals surface area contributed by atoms with Gasteiger partial charge in [-0.05, 0) is 132 Å². The van der Waals surface area contributed by atoms with Crippen molar-refractivity contribution >= 4 is 81.8 Å². The van der Waals surface area contributed by atoms with Gasteiger partial charge in [-0.3, -0.25) is 0 Å². The summed E-state index contributed by atoms with van der Waals surface area (Å²) in [6.45, 7) is 2.38. The van der Waals surface area contributed by atoms with E-state index >= 15 is 0 Å². The van der Waals surface area contributed by atoms with Crippen LogP contribution in [0.25, 0.3) is 86.7 Å². The number of thiophene rings is 1. The van der Waals surface area contributed by atoms with Gasteiger partial charge in [-0.25, -0.2) is 0 Å². The molecule has 63 heavy (non-hydrogen) atoms. The quantitative estimate of drug-likeness (QED) is 0.155. The van der Waals surface area contributed by atoms with Gasteiger partial charge in [-0.1, -0.05) is 183 Å². The van der Waals surface area contributed by atoms with Crippen LogP contribution in [0.4, 0.5) is 17.1 Å². The highest BCUT2D eigenvalue weighted by Crippen LogP contribution is 2.45. The number of allylic oxidation sites excluding steroid dienone is 1. The van der Waals surface area contributed by atoms with Gasteiger partial charge in [0, 0.05) is 37.1 Å². The zero-order chi connectivity index (χ0) is 41.9. The Kier molecular flexibility index (Phi) is 9.13. The molecule has 1 nitrogen and oxygen atoms in total. The topological polar surface area (TPSA) is 3.24 Å². The normalized spacial score (nSPS) is 13.7. The molecule has 11 aromatic rings. The molecule has 2 heteroatoms. The van der Waals surface area contributed by atoms with E-state index in [1.165, 1.54) is 97.4 Å². The van der Waals surface area contributed by atoms with Crippen LogP contribution in [0.5, 0.6) is 0 Å². The molecule has 1 atom stereocenters. The van der Waals surface area contributed by atoms with Crippen LogP contribution in [0, 0.1) is 0 Å². The Hall–Kier alpha value is -7.52. The number of hydrogen-bond donors (Lipinski definition) is 0. The highest BCUT2D eigenvalue weighted by molar-refractivity contribution is 7.25. The minimum atomic E-state index is 0.428. The second-order valence-electron chi connectivity index (χ2n) is 16.9. The molecule has 298 valence electrons. The van der Waals surface area contributed by atoms with Gasteiger partial charge in [0.15, 0.2) is 0 Å². The molecule has 0 saturated heterocycles. The summed E-state index contributed by atoms with van der Waals surface area (Å²) in [5, 5.41) is 7.85. The third-order valence-electron chi connectivity index (χ3n) is 13.1. The molecule has 1 aliphatic carbocycles. The monoisotopic (exact) mass is 821 g/mol. The highest BCUT2D eigenvalue weighted by Gasteiger charge is 2.23. The summed E-state index contributed by atoms with van der Waals surface area (Å²) in [5.41, 5.74) is 16.0. The van der Waals surface area contributed by atoms with E-state index in [0.29, 0.717) is 5.92 Å². The fourth-order valence-corrected chi connectivity index (χ4v) is 11.2. The van der Waals surface area contributed by atoms with Crippen molar-refractivity contribution in [1.29, 1.82) is 0 Å². The molecular formula is C61H43NS. The van der Waals surface area contributed by atoms with Gasteiger partial charge in [0.2, 0.25) is 0 Å². The van der Waals surface area contributed by atoms with Crippen LogP contribution in [0.2, 0.25) is 0 Å². The Bertz CT molecular complexity index is 3550. The number of rotatable bonds is 7. The minimum absolute atomic E-state index is 0.428. The van der Waals surface area contributed by atoms with Crippen molar-refractivity contribution in [3.05, 3.63) is 235 Å². The van der Waals surface area contributed by atoms with Gasteiger partial charge in [0.05, 0.1) is 5.69 Å². The summed E-state index contributed by atoms with van der Waals surface area (Å²) in [7, 11) is 0. The average molecular weight is 822 g/mol. The average Bonchev–Trinajstić information content (AvgIpc) is 3.72. The van der Waals surface area contributed by atoms with Crippen molar-refractivity contribution in [2.24, 2.45) is 0 Å². The minimum Gasteiger partial charge on any atom is -0.310 e. The van der Waals surface area contributed by atoms with Gasteiger partial charge in [0.25, 0.3) is 0 Å². The predicted octanol–water partition coefficient (Wildman–Crippen LogP) is 17.9. The van der Waals surface area contributed by atoms with Crippen molar-refractivity contribution < 1.29 is 0 Å². The van der Waals surface area contributed by atoms with Gasteiger partial charge in [-0.15, -0.1) is 11.3 Å². The molecule has 0 radical (unpaired) electrons. The summed E-state index contributed by atoms with van der Waals surface area (Å²) in [6.07, 6.45) is 3.43. The fourth-order valence-electron chi connectivity index (χ4n) is 10.1. The SMILES string of the molecule is CC1CC(c2ccc(N(c3ccc(-c4ccc5c(c4)sc4ccccc45)cc3)c3ccccc3-c3cccc(-c4cccc5ccccc45)c3)cc2)=Cc2ccc3ccccc3c21. The number of fused-ring (bicyclic) bond motifs is 7. The Labute approximate surface area is 372 Å². The maximum Gasteiger partial charge on any atom is 0.0540 e. The third kappa shape index (κ3) is 6.63. The van der Waals surface area contributed by atoms with Crippen molar-refractivity contribution in [2.45, 2.75) is 19.3 Å². The zero-order valence-electron chi connectivity index (χ0n) is 35.0. The lowest BCUT2D eigenvalue weighted by molar-refractivity contribution is 0.791. The molecule has 0 bridgehead atoms. The Morgan fingerprint density at radius 1 is 0.413 bits per heavy atom. The molecule has 12 rings (SSSR count). The first-order chi connectivity index (χ1) is 31.1. The standard InChI is InChI=1S/C61H43NS/c1-40-36-49(38-48-25-24-44-13-3-5-19-55(44)61(40)48)42-28-33-51(34-29-42)62(50-31-26-41(27-32-50)45-30-35-57-56-20-7-9-23-59(56)63-60(57)39-45)58-22-8-6-18-54(58)47-16-10-15-46(37-47)53-21-11-14-43-12-2-4-17-52(43)53/h2-35,37-40H,36H2,1H3. The zero-order valence-corrected chi connectivity index (χ0v) is 35.8. The van der Waals surface area contributed by atoms with E-state index in [4.69, 9.17) is 0 Å². The van der Waals surface area contributed by atoms with Crippen molar-refractivity contribution in [2.75, 3.05) is 4.90 Å². The lowest BCUT2D eigenvalue weighted by Gasteiger charge is -2.29. The second-order valence-corrected chi connectivity index (χ2v) is 18.0. The molecule has 0 N–H and O–H groups in total. The van der Waals surface area contributed by atoms with Crippen LogP contribution < -0.4 is 4.90 Å². The largest absolute Gasteiger partial charge is 0.310 e. The third-order valence-corrected chi connectivity index (χ3v) is 14.2. The van der Waals surface area contributed by atoms with E-state index in [-0.39, 0.29) is 0 Å². The molecule has 0 aliphatic heterocycles. The van der Waals surface area contributed by atoms with Crippen LogP contribution >= 0.6 is 11.3 Å². The predicted molar refractivity (Wildman–Crippen MR) is 273 cm³/mol. The van der Waals surface area contributed by atoms with Crippen molar-refractivity contribution in [3.8, 4) is 33.4 Å². The van der Waals surface area contributed by atoms with E-state index in [1.807, 2.05) is 11.3 Å². The maximum absolute atomic E-state index is 2.43.